The number of hydroxylamine groups is 2. The largest absolute Gasteiger partial charge is 0.272 e. The van der Waals surface area contributed by atoms with Crippen LogP contribution in [0.1, 0.15) is 40.1 Å². The number of hydrogen-bond acceptors (Lipinski definition) is 4. The number of rotatable bonds is 3. The molecule has 3 aromatic carbocycles. The van der Waals surface area contributed by atoms with Gasteiger partial charge in [0.25, 0.3) is 17.7 Å². The van der Waals surface area contributed by atoms with Crippen LogP contribution >= 0.6 is 0 Å². The lowest BCUT2D eigenvalue weighted by molar-refractivity contribution is -0.165. The molecule has 0 aromatic heterocycles. The molecule has 2 heterocycles. The smallest absolute Gasteiger partial charge is 0.266 e. The zero-order valence-corrected chi connectivity index (χ0v) is 16.7. The highest BCUT2D eigenvalue weighted by molar-refractivity contribution is 6.35. The normalized spacial score (nSPS) is 17.9. The number of imide groups is 1. The number of hydrogen-bond donors (Lipinski definition) is 0. The SMILES string of the molecule is CC1(C)CON(Cc2ccc(N3C(=O)c4cc5ccccc5cc4C3=O)cc2)C1=O. The molecule has 150 valence electrons. The molecule has 1 saturated heterocycles. The molecular weight excluding hydrogens is 380 g/mol. The molecular formula is C24H20N2O4. The lowest BCUT2D eigenvalue weighted by Gasteiger charge is -2.18. The third-order valence-corrected chi connectivity index (χ3v) is 5.66. The van der Waals surface area contributed by atoms with E-state index >= 15 is 0 Å². The molecule has 0 unspecified atom stereocenters. The van der Waals surface area contributed by atoms with Gasteiger partial charge < -0.3 is 0 Å². The maximum Gasteiger partial charge on any atom is 0.266 e. The van der Waals surface area contributed by atoms with E-state index in [-0.39, 0.29) is 17.7 Å². The Bertz CT molecular complexity index is 1160. The molecule has 5 rings (SSSR count). The second-order valence-electron chi connectivity index (χ2n) is 8.36. The van der Waals surface area contributed by atoms with Crippen LogP contribution in [0.5, 0.6) is 0 Å². The van der Waals surface area contributed by atoms with E-state index in [9.17, 15) is 14.4 Å². The second kappa shape index (κ2) is 6.50. The highest BCUT2D eigenvalue weighted by Gasteiger charge is 2.40. The average Bonchev–Trinajstić information content (AvgIpc) is 3.14. The van der Waals surface area contributed by atoms with Crippen molar-refractivity contribution in [2.45, 2.75) is 20.4 Å². The molecule has 6 heteroatoms. The first-order chi connectivity index (χ1) is 14.3. The van der Waals surface area contributed by atoms with Crippen molar-refractivity contribution in [2.24, 2.45) is 5.41 Å². The first kappa shape index (κ1) is 18.5. The van der Waals surface area contributed by atoms with Gasteiger partial charge in [-0.2, -0.15) is 0 Å². The second-order valence-corrected chi connectivity index (χ2v) is 8.36. The standard InChI is InChI=1S/C24H20N2O4/c1-24(2)14-30-25(23(24)29)13-15-7-9-18(10-8-15)26-21(27)19-11-16-5-3-4-6-17(16)12-20(19)22(26)28/h3-12H,13-14H2,1-2H3. The Hall–Kier alpha value is -3.51. The Labute approximate surface area is 173 Å². The van der Waals surface area contributed by atoms with E-state index in [1.165, 1.54) is 9.96 Å². The van der Waals surface area contributed by atoms with Crippen LogP contribution in [0.4, 0.5) is 5.69 Å². The molecule has 0 bridgehead atoms. The number of benzene rings is 3. The topological polar surface area (TPSA) is 66.9 Å². The average molecular weight is 400 g/mol. The first-order valence-electron chi connectivity index (χ1n) is 9.80. The maximum atomic E-state index is 13.0. The van der Waals surface area contributed by atoms with Crippen molar-refractivity contribution < 1.29 is 19.2 Å². The minimum Gasteiger partial charge on any atom is -0.272 e. The number of carbonyl (C=O) groups is 3. The van der Waals surface area contributed by atoms with Gasteiger partial charge in [0.1, 0.15) is 0 Å². The van der Waals surface area contributed by atoms with E-state index in [0.29, 0.717) is 30.0 Å². The lowest BCUT2D eigenvalue weighted by atomic mass is 9.95. The van der Waals surface area contributed by atoms with Gasteiger partial charge in [0, 0.05) is 0 Å². The fourth-order valence-electron chi connectivity index (χ4n) is 3.89. The quantitative estimate of drug-likeness (QED) is 0.625. The van der Waals surface area contributed by atoms with Crippen molar-refractivity contribution in [3.8, 4) is 0 Å². The number of nitrogens with zero attached hydrogens (tertiary/aromatic N) is 2. The maximum absolute atomic E-state index is 13.0. The van der Waals surface area contributed by atoms with Crippen molar-refractivity contribution in [1.82, 2.24) is 5.06 Å². The predicted molar refractivity (Wildman–Crippen MR) is 112 cm³/mol. The third kappa shape index (κ3) is 2.80. The summed E-state index contributed by atoms with van der Waals surface area (Å²) in [6.45, 7) is 4.37. The van der Waals surface area contributed by atoms with Gasteiger partial charge in [-0.25, -0.2) is 9.96 Å². The molecule has 2 aliphatic heterocycles. The highest BCUT2D eigenvalue weighted by Crippen LogP contribution is 2.32. The monoisotopic (exact) mass is 400 g/mol. The fourth-order valence-corrected chi connectivity index (χ4v) is 3.89. The van der Waals surface area contributed by atoms with E-state index in [1.54, 1.807) is 36.4 Å². The van der Waals surface area contributed by atoms with Gasteiger partial charge in [0.2, 0.25) is 0 Å². The van der Waals surface area contributed by atoms with Gasteiger partial charge in [-0.1, -0.05) is 36.4 Å². The number of carbonyl (C=O) groups excluding carboxylic acids is 3. The van der Waals surface area contributed by atoms with E-state index < -0.39 is 5.41 Å². The molecule has 30 heavy (non-hydrogen) atoms. The lowest BCUT2D eigenvalue weighted by Crippen LogP contribution is -2.30. The van der Waals surface area contributed by atoms with Crippen molar-refractivity contribution in [2.75, 3.05) is 11.5 Å². The first-order valence-corrected chi connectivity index (χ1v) is 9.80. The van der Waals surface area contributed by atoms with Crippen molar-refractivity contribution >= 4 is 34.2 Å². The molecule has 3 aromatic rings. The molecule has 0 N–H and O–H groups in total. The summed E-state index contributed by atoms with van der Waals surface area (Å²) in [5.74, 6) is -0.708. The Morgan fingerprint density at radius 1 is 0.867 bits per heavy atom. The van der Waals surface area contributed by atoms with Crippen molar-refractivity contribution in [1.29, 1.82) is 0 Å². The van der Waals surface area contributed by atoms with E-state index in [4.69, 9.17) is 4.84 Å². The molecule has 1 fully saturated rings. The zero-order chi connectivity index (χ0) is 21.0. The highest BCUT2D eigenvalue weighted by atomic mass is 16.7. The van der Waals surface area contributed by atoms with Crippen LogP contribution < -0.4 is 4.90 Å². The molecule has 0 saturated carbocycles. The summed E-state index contributed by atoms with van der Waals surface area (Å²) < 4.78 is 0. The van der Waals surface area contributed by atoms with Crippen LogP contribution in [0.3, 0.4) is 0 Å². The third-order valence-electron chi connectivity index (χ3n) is 5.66. The Morgan fingerprint density at radius 2 is 1.43 bits per heavy atom. The Morgan fingerprint density at radius 3 is 1.93 bits per heavy atom. The Kier molecular flexibility index (Phi) is 4.01. The predicted octanol–water partition coefficient (Wildman–Crippen LogP) is 3.94. The van der Waals surface area contributed by atoms with E-state index in [2.05, 4.69) is 0 Å². The zero-order valence-electron chi connectivity index (χ0n) is 16.7. The van der Waals surface area contributed by atoms with Gasteiger partial charge in [0.15, 0.2) is 0 Å². The van der Waals surface area contributed by atoms with Crippen LogP contribution in [0.15, 0.2) is 60.7 Å². The molecule has 3 amide bonds. The van der Waals surface area contributed by atoms with Gasteiger partial charge in [-0.05, 0) is 54.4 Å². The summed E-state index contributed by atoms with van der Waals surface area (Å²) >= 11 is 0. The number of fused-ring (bicyclic) bond motifs is 2. The summed E-state index contributed by atoms with van der Waals surface area (Å²) in [6, 6.07) is 18.3. The van der Waals surface area contributed by atoms with E-state index in [1.807, 2.05) is 38.1 Å². The van der Waals surface area contributed by atoms with Crippen molar-refractivity contribution in [3.63, 3.8) is 0 Å². The molecule has 0 aliphatic carbocycles. The summed E-state index contributed by atoms with van der Waals surface area (Å²) in [6.07, 6.45) is 0. The minimum absolute atomic E-state index is 0.0565. The van der Waals surface area contributed by atoms with Gasteiger partial charge in [-0.3, -0.25) is 19.2 Å². The van der Waals surface area contributed by atoms with Crippen LogP contribution in [0, 0.1) is 5.41 Å². The fraction of sp³-hybridized carbons (Fsp3) is 0.208. The number of anilines is 1. The summed E-state index contributed by atoms with van der Waals surface area (Å²) in [5, 5.41) is 3.21. The molecule has 0 spiro atoms. The molecule has 6 nitrogen and oxygen atoms in total. The summed E-state index contributed by atoms with van der Waals surface area (Å²) in [4.78, 5) is 44.9. The van der Waals surface area contributed by atoms with Crippen LogP contribution in [-0.4, -0.2) is 29.4 Å². The minimum atomic E-state index is -0.524. The van der Waals surface area contributed by atoms with E-state index in [0.717, 1.165) is 16.3 Å². The molecule has 0 atom stereocenters. The summed E-state index contributed by atoms with van der Waals surface area (Å²) in [5.41, 5.74) is 1.67. The number of amides is 3. The molecule has 2 aliphatic rings. The molecule has 0 radical (unpaired) electrons. The van der Waals surface area contributed by atoms with Gasteiger partial charge in [0.05, 0.1) is 35.4 Å². The Balaban J connectivity index is 1.41. The van der Waals surface area contributed by atoms with Gasteiger partial charge >= 0.3 is 0 Å². The van der Waals surface area contributed by atoms with Crippen LogP contribution in [0.2, 0.25) is 0 Å². The van der Waals surface area contributed by atoms with Crippen molar-refractivity contribution in [3.05, 3.63) is 77.4 Å². The van der Waals surface area contributed by atoms with Crippen LogP contribution in [0.25, 0.3) is 10.8 Å². The van der Waals surface area contributed by atoms with Crippen LogP contribution in [-0.2, 0) is 16.2 Å². The van der Waals surface area contributed by atoms with Gasteiger partial charge in [-0.15, -0.1) is 0 Å². The summed E-state index contributed by atoms with van der Waals surface area (Å²) in [7, 11) is 0.